The summed E-state index contributed by atoms with van der Waals surface area (Å²) in [6, 6.07) is 6.56. The third kappa shape index (κ3) is 6.35. The minimum atomic E-state index is -0.372. The van der Waals surface area contributed by atoms with E-state index in [9.17, 15) is 9.59 Å². The van der Waals surface area contributed by atoms with Gasteiger partial charge in [-0.3, -0.25) is 0 Å². The quantitative estimate of drug-likeness (QED) is 0.716. The van der Waals surface area contributed by atoms with E-state index in [1.807, 2.05) is 6.92 Å². The van der Waals surface area contributed by atoms with Gasteiger partial charge in [0, 0.05) is 18.6 Å². The molecule has 1 aromatic carbocycles. The summed E-state index contributed by atoms with van der Waals surface area (Å²) in [5, 5.41) is 0.576. The molecule has 22 heavy (non-hydrogen) atoms. The van der Waals surface area contributed by atoms with Crippen molar-refractivity contribution < 1.29 is 19.1 Å². The molecular formula is C16H22ClNO4. The van der Waals surface area contributed by atoms with Crippen LogP contribution in [0.5, 0.6) is 0 Å². The van der Waals surface area contributed by atoms with Crippen molar-refractivity contribution in [2.45, 2.75) is 32.8 Å². The van der Waals surface area contributed by atoms with Gasteiger partial charge in [-0.2, -0.15) is 0 Å². The van der Waals surface area contributed by atoms with E-state index in [2.05, 4.69) is 0 Å². The number of carbonyl (C=O) groups excluding carboxylic acids is 2. The molecule has 1 unspecified atom stereocenters. The first-order valence-electron chi connectivity index (χ1n) is 7.28. The molecule has 122 valence electrons. The first kappa shape index (κ1) is 18.3. The van der Waals surface area contributed by atoms with Gasteiger partial charge in [-0.1, -0.05) is 11.6 Å². The highest BCUT2D eigenvalue weighted by Crippen LogP contribution is 2.12. The Bertz CT molecular complexity index is 489. The average molecular weight is 328 g/mol. The van der Waals surface area contributed by atoms with Crippen molar-refractivity contribution in [1.29, 1.82) is 0 Å². The predicted octanol–water partition coefficient (Wildman–Crippen LogP) is 3.75. The fourth-order valence-corrected chi connectivity index (χ4v) is 1.96. The second-order valence-corrected chi connectivity index (χ2v) is 5.42. The van der Waals surface area contributed by atoms with Gasteiger partial charge in [-0.25, -0.2) is 9.59 Å². The summed E-state index contributed by atoms with van der Waals surface area (Å²) >= 11 is 5.77. The fourth-order valence-electron chi connectivity index (χ4n) is 1.84. The number of amides is 1. The van der Waals surface area contributed by atoms with Gasteiger partial charge in [0.05, 0.1) is 18.3 Å². The number of ether oxygens (including phenoxy) is 2. The summed E-state index contributed by atoms with van der Waals surface area (Å²) in [5.74, 6) is -0.372. The zero-order valence-corrected chi connectivity index (χ0v) is 13.9. The van der Waals surface area contributed by atoms with E-state index < -0.39 is 0 Å². The average Bonchev–Trinajstić information content (AvgIpc) is 2.47. The van der Waals surface area contributed by atoms with Crippen LogP contribution in [0.25, 0.3) is 0 Å². The molecule has 0 saturated carbocycles. The summed E-state index contributed by atoms with van der Waals surface area (Å²) in [4.78, 5) is 24.8. The topological polar surface area (TPSA) is 55.8 Å². The molecule has 0 N–H and O–H groups in total. The Morgan fingerprint density at radius 2 is 1.91 bits per heavy atom. The first-order valence-corrected chi connectivity index (χ1v) is 7.66. The van der Waals surface area contributed by atoms with E-state index in [4.69, 9.17) is 21.1 Å². The van der Waals surface area contributed by atoms with Crippen LogP contribution < -0.4 is 0 Å². The Labute approximate surface area is 136 Å². The van der Waals surface area contributed by atoms with Crippen molar-refractivity contribution in [1.82, 2.24) is 4.90 Å². The molecule has 0 fully saturated rings. The number of rotatable bonds is 7. The molecule has 0 aliphatic heterocycles. The zero-order valence-electron chi connectivity index (χ0n) is 13.2. The maximum Gasteiger partial charge on any atom is 0.409 e. The second-order valence-electron chi connectivity index (χ2n) is 4.99. The molecule has 1 rings (SSSR count). The Morgan fingerprint density at radius 3 is 2.50 bits per heavy atom. The molecule has 0 bridgehead atoms. The monoisotopic (exact) mass is 327 g/mol. The molecule has 0 heterocycles. The van der Waals surface area contributed by atoms with Gasteiger partial charge < -0.3 is 14.4 Å². The van der Waals surface area contributed by atoms with Crippen LogP contribution in [0.1, 0.15) is 37.0 Å². The number of halogens is 1. The number of hydrogen-bond acceptors (Lipinski definition) is 4. The molecule has 0 aromatic heterocycles. The Kier molecular flexibility index (Phi) is 7.74. The highest BCUT2D eigenvalue weighted by molar-refractivity contribution is 6.30. The largest absolute Gasteiger partial charge is 0.459 e. The Balaban J connectivity index is 2.31. The normalized spacial score (nSPS) is 11.6. The minimum absolute atomic E-state index is 0.223. The summed E-state index contributed by atoms with van der Waals surface area (Å²) < 4.78 is 10.2. The van der Waals surface area contributed by atoms with Crippen LogP contribution in [-0.2, 0) is 9.47 Å². The lowest BCUT2D eigenvalue weighted by molar-refractivity contribution is 0.0314. The number of nitrogens with zero attached hydrogens (tertiary/aromatic N) is 1. The first-order chi connectivity index (χ1) is 10.4. The number of hydrogen-bond donors (Lipinski definition) is 0. The van der Waals surface area contributed by atoms with Crippen LogP contribution in [0.4, 0.5) is 4.79 Å². The molecule has 1 amide bonds. The van der Waals surface area contributed by atoms with Crippen molar-refractivity contribution in [2.75, 3.05) is 20.2 Å². The number of benzene rings is 1. The van der Waals surface area contributed by atoms with E-state index in [1.165, 1.54) is 4.90 Å². The Hall–Kier alpha value is -1.75. The van der Waals surface area contributed by atoms with Crippen molar-refractivity contribution in [3.8, 4) is 0 Å². The van der Waals surface area contributed by atoms with Crippen molar-refractivity contribution in [3.63, 3.8) is 0 Å². The second kappa shape index (κ2) is 9.30. The molecule has 0 aliphatic rings. The molecular weight excluding hydrogens is 306 g/mol. The van der Waals surface area contributed by atoms with Crippen LogP contribution in [0, 0.1) is 0 Å². The van der Waals surface area contributed by atoms with Crippen molar-refractivity contribution in [2.24, 2.45) is 0 Å². The summed E-state index contributed by atoms with van der Waals surface area (Å²) in [6.07, 6.45) is 0.833. The van der Waals surface area contributed by atoms with Gasteiger partial charge in [0.15, 0.2) is 0 Å². The van der Waals surface area contributed by atoms with Crippen molar-refractivity contribution >= 4 is 23.7 Å². The van der Waals surface area contributed by atoms with E-state index in [0.717, 1.165) is 6.42 Å². The highest BCUT2D eigenvalue weighted by atomic mass is 35.5. The minimum Gasteiger partial charge on any atom is -0.459 e. The van der Waals surface area contributed by atoms with Gasteiger partial charge in [0.2, 0.25) is 0 Å². The third-order valence-electron chi connectivity index (χ3n) is 3.07. The molecule has 6 heteroatoms. The number of esters is 1. The maximum absolute atomic E-state index is 11.9. The van der Waals surface area contributed by atoms with Crippen LogP contribution in [0.2, 0.25) is 5.02 Å². The van der Waals surface area contributed by atoms with E-state index in [0.29, 0.717) is 30.2 Å². The molecule has 0 aliphatic carbocycles. The lowest BCUT2D eigenvalue weighted by Crippen LogP contribution is -2.29. The van der Waals surface area contributed by atoms with Gasteiger partial charge in [0.1, 0.15) is 0 Å². The lowest BCUT2D eigenvalue weighted by Gasteiger charge is -2.18. The molecule has 0 spiro atoms. The van der Waals surface area contributed by atoms with E-state index in [-0.39, 0.29) is 18.2 Å². The summed E-state index contributed by atoms with van der Waals surface area (Å²) in [7, 11) is 1.68. The van der Waals surface area contributed by atoms with Crippen LogP contribution >= 0.6 is 11.6 Å². The third-order valence-corrected chi connectivity index (χ3v) is 3.32. The van der Waals surface area contributed by atoms with Crippen molar-refractivity contribution in [3.05, 3.63) is 34.9 Å². The summed E-state index contributed by atoms with van der Waals surface area (Å²) in [5.41, 5.74) is 0.472. The van der Waals surface area contributed by atoms with Crippen LogP contribution in [0.15, 0.2) is 24.3 Å². The molecule has 0 saturated heterocycles. The molecule has 1 aromatic rings. The number of carbonyl (C=O) groups is 2. The van der Waals surface area contributed by atoms with Gasteiger partial charge in [-0.15, -0.1) is 0 Å². The highest BCUT2D eigenvalue weighted by Gasteiger charge is 2.13. The van der Waals surface area contributed by atoms with Crippen LogP contribution in [-0.4, -0.2) is 43.3 Å². The SMILES string of the molecule is CCOC(=O)N(C)CCCC(C)OC(=O)c1ccc(Cl)cc1. The summed E-state index contributed by atoms with van der Waals surface area (Å²) in [6.45, 7) is 4.52. The maximum atomic E-state index is 11.9. The standard InChI is InChI=1S/C16H22ClNO4/c1-4-21-16(20)18(3)11-5-6-12(2)22-15(19)13-7-9-14(17)10-8-13/h7-10,12H,4-6,11H2,1-3H3. The molecule has 5 nitrogen and oxygen atoms in total. The van der Waals surface area contributed by atoms with Crippen LogP contribution in [0.3, 0.4) is 0 Å². The fraction of sp³-hybridized carbons (Fsp3) is 0.500. The van der Waals surface area contributed by atoms with E-state index in [1.54, 1.807) is 38.2 Å². The van der Waals surface area contributed by atoms with Gasteiger partial charge in [-0.05, 0) is 51.0 Å². The zero-order chi connectivity index (χ0) is 16.5. The lowest BCUT2D eigenvalue weighted by atomic mass is 10.2. The predicted molar refractivity (Wildman–Crippen MR) is 85.2 cm³/mol. The smallest absolute Gasteiger partial charge is 0.409 e. The molecule has 1 atom stereocenters. The van der Waals surface area contributed by atoms with E-state index >= 15 is 0 Å². The Morgan fingerprint density at radius 1 is 1.27 bits per heavy atom. The van der Waals surface area contributed by atoms with Gasteiger partial charge >= 0.3 is 12.1 Å². The molecule has 0 radical (unpaired) electrons. The van der Waals surface area contributed by atoms with Gasteiger partial charge in [0.25, 0.3) is 0 Å².